The third-order valence-electron chi connectivity index (χ3n) is 2.21. The van der Waals surface area contributed by atoms with Crippen molar-refractivity contribution in [3.8, 4) is 0 Å². The first-order valence-corrected chi connectivity index (χ1v) is 6.13. The van der Waals surface area contributed by atoms with Gasteiger partial charge in [0.1, 0.15) is 4.88 Å². The maximum absolute atomic E-state index is 10.8. The number of carboxylic acid groups (broad SMARTS) is 1. The lowest BCUT2D eigenvalue weighted by molar-refractivity contribution is 0.0701. The van der Waals surface area contributed by atoms with Gasteiger partial charge < -0.3 is 15.2 Å². The topological polar surface area (TPSA) is 58.6 Å². The summed E-state index contributed by atoms with van der Waals surface area (Å²) in [5, 5.41) is 13.9. The second kappa shape index (κ2) is 7.38. The molecule has 0 atom stereocenters. The summed E-state index contributed by atoms with van der Waals surface area (Å²) in [6.45, 7) is 2.29. The first-order valence-electron chi connectivity index (χ1n) is 5.25. The number of unbranched alkanes of at least 4 members (excludes halogenated alkanes) is 1. The van der Waals surface area contributed by atoms with E-state index in [9.17, 15) is 4.79 Å². The van der Waals surface area contributed by atoms with Crippen LogP contribution in [0.3, 0.4) is 0 Å². The monoisotopic (exact) mass is 243 g/mol. The molecule has 0 spiro atoms. The molecule has 1 heterocycles. The summed E-state index contributed by atoms with van der Waals surface area (Å²) in [4.78, 5) is 11.3. The molecule has 0 bridgehead atoms. The molecule has 1 rings (SSSR count). The van der Waals surface area contributed by atoms with Gasteiger partial charge in [0.2, 0.25) is 0 Å². The Bertz CT molecular complexity index is 325. The lowest BCUT2D eigenvalue weighted by Crippen LogP contribution is -2.16. The van der Waals surface area contributed by atoms with Gasteiger partial charge in [-0.25, -0.2) is 4.79 Å². The number of carbonyl (C=O) groups is 1. The van der Waals surface area contributed by atoms with Crippen molar-refractivity contribution < 1.29 is 14.6 Å². The quantitative estimate of drug-likeness (QED) is 0.685. The highest BCUT2D eigenvalue weighted by Crippen LogP contribution is 2.16. The molecule has 90 valence electrons. The number of carboxylic acids is 1. The molecule has 0 aliphatic carbocycles. The van der Waals surface area contributed by atoms with E-state index < -0.39 is 5.97 Å². The summed E-state index contributed by atoms with van der Waals surface area (Å²) in [6.07, 6.45) is 2.07. The molecule has 4 nitrogen and oxygen atoms in total. The second-order valence-corrected chi connectivity index (χ2v) is 4.37. The molecule has 0 aliphatic heterocycles. The first kappa shape index (κ1) is 13.2. The molecule has 5 heteroatoms. The van der Waals surface area contributed by atoms with Crippen LogP contribution in [0, 0.1) is 0 Å². The van der Waals surface area contributed by atoms with Gasteiger partial charge in [-0.05, 0) is 36.4 Å². The third kappa shape index (κ3) is 4.30. The Morgan fingerprint density at radius 1 is 1.56 bits per heavy atom. The standard InChI is InChI=1S/C11H17NO3S/c1-15-6-3-2-5-12-8-9-4-7-16-10(9)11(13)14/h4,7,12H,2-3,5-6,8H2,1H3,(H,13,14). The van der Waals surface area contributed by atoms with Crippen molar-refractivity contribution in [2.24, 2.45) is 0 Å². The van der Waals surface area contributed by atoms with Gasteiger partial charge in [-0.15, -0.1) is 11.3 Å². The lowest BCUT2D eigenvalue weighted by atomic mass is 10.2. The van der Waals surface area contributed by atoms with Gasteiger partial charge in [0.15, 0.2) is 0 Å². The van der Waals surface area contributed by atoms with Gasteiger partial charge in [0, 0.05) is 20.3 Å². The molecule has 16 heavy (non-hydrogen) atoms. The van der Waals surface area contributed by atoms with Crippen LogP contribution in [0.4, 0.5) is 0 Å². The third-order valence-corrected chi connectivity index (χ3v) is 3.15. The van der Waals surface area contributed by atoms with Crippen LogP contribution in [-0.2, 0) is 11.3 Å². The fourth-order valence-corrected chi connectivity index (χ4v) is 2.14. The minimum atomic E-state index is -0.841. The average Bonchev–Trinajstić information content (AvgIpc) is 2.71. The molecule has 0 aliphatic rings. The number of hydrogen-bond acceptors (Lipinski definition) is 4. The van der Waals surface area contributed by atoms with Gasteiger partial charge >= 0.3 is 5.97 Å². The molecular weight excluding hydrogens is 226 g/mol. The van der Waals surface area contributed by atoms with E-state index in [-0.39, 0.29) is 0 Å². The van der Waals surface area contributed by atoms with Crippen molar-refractivity contribution in [1.29, 1.82) is 0 Å². The minimum Gasteiger partial charge on any atom is -0.477 e. The molecule has 1 aromatic heterocycles. The van der Waals surface area contributed by atoms with Crippen molar-refractivity contribution in [1.82, 2.24) is 5.32 Å². The van der Waals surface area contributed by atoms with E-state index in [1.54, 1.807) is 7.11 Å². The van der Waals surface area contributed by atoms with Gasteiger partial charge in [0.05, 0.1) is 0 Å². The molecule has 2 N–H and O–H groups in total. The zero-order valence-corrected chi connectivity index (χ0v) is 10.2. The molecule has 0 aromatic carbocycles. The zero-order chi connectivity index (χ0) is 11.8. The first-order chi connectivity index (χ1) is 7.75. The Hall–Kier alpha value is -0.910. The second-order valence-electron chi connectivity index (χ2n) is 3.46. The van der Waals surface area contributed by atoms with E-state index >= 15 is 0 Å². The summed E-state index contributed by atoms with van der Waals surface area (Å²) in [7, 11) is 1.69. The highest BCUT2D eigenvalue weighted by Gasteiger charge is 2.10. The van der Waals surface area contributed by atoms with Gasteiger partial charge in [-0.2, -0.15) is 0 Å². The largest absolute Gasteiger partial charge is 0.477 e. The highest BCUT2D eigenvalue weighted by molar-refractivity contribution is 7.12. The van der Waals surface area contributed by atoms with Crippen molar-refractivity contribution in [2.45, 2.75) is 19.4 Å². The predicted molar refractivity (Wildman–Crippen MR) is 64.1 cm³/mol. The summed E-state index contributed by atoms with van der Waals surface area (Å²) in [6, 6.07) is 1.86. The Kier molecular flexibility index (Phi) is 6.07. The number of nitrogens with one attached hydrogen (secondary N) is 1. The van der Waals surface area contributed by atoms with Gasteiger partial charge in [-0.1, -0.05) is 0 Å². The number of thiophene rings is 1. The van der Waals surface area contributed by atoms with Crippen LogP contribution in [0.25, 0.3) is 0 Å². The van der Waals surface area contributed by atoms with E-state index in [1.807, 2.05) is 11.4 Å². The molecular formula is C11H17NO3S. The number of rotatable bonds is 8. The fraction of sp³-hybridized carbons (Fsp3) is 0.545. The predicted octanol–water partition coefficient (Wildman–Crippen LogP) is 1.96. The number of methoxy groups -OCH3 is 1. The summed E-state index contributed by atoms with van der Waals surface area (Å²) < 4.78 is 4.94. The summed E-state index contributed by atoms with van der Waals surface area (Å²) >= 11 is 1.27. The van der Waals surface area contributed by atoms with Crippen LogP contribution in [0.15, 0.2) is 11.4 Å². The number of hydrogen-bond donors (Lipinski definition) is 2. The van der Waals surface area contributed by atoms with Crippen LogP contribution >= 0.6 is 11.3 Å². The van der Waals surface area contributed by atoms with Crippen LogP contribution in [-0.4, -0.2) is 31.3 Å². The fourth-order valence-electron chi connectivity index (χ4n) is 1.38. The van der Waals surface area contributed by atoms with Crippen molar-refractivity contribution in [2.75, 3.05) is 20.3 Å². The molecule has 1 aromatic rings. The van der Waals surface area contributed by atoms with E-state index in [1.165, 1.54) is 11.3 Å². The molecule has 0 saturated carbocycles. The minimum absolute atomic E-state index is 0.435. The number of aromatic carboxylic acids is 1. The Morgan fingerprint density at radius 2 is 2.38 bits per heavy atom. The Balaban J connectivity index is 2.21. The molecule has 0 fully saturated rings. The van der Waals surface area contributed by atoms with Gasteiger partial charge in [0.25, 0.3) is 0 Å². The zero-order valence-electron chi connectivity index (χ0n) is 9.36. The van der Waals surface area contributed by atoms with Crippen LogP contribution in [0.1, 0.15) is 28.1 Å². The van der Waals surface area contributed by atoms with E-state index in [0.29, 0.717) is 11.4 Å². The summed E-state index contributed by atoms with van der Waals surface area (Å²) in [5.41, 5.74) is 0.865. The van der Waals surface area contributed by atoms with Crippen LogP contribution in [0.2, 0.25) is 0 Å². The highest BCUT2D eigenvalue weighted by atomic mass is 32.1. The average molecular weight is 243 g/mol. The smallest absolute Gasteiger partial charge is 0.346 e. The van der Waals surface area contributed by atoms with Crippen molar-refractivity contribution >= 4 is 17.3 Å². The van der Waals surface area contributed by atoms with Crippen molar-refractivity contribution in [3.63, 3.8) is 0 Å². The van der Waals surface area contributed by atoms with Gasteiger partial charge in [-0.3, -0.25) is 0 Å². The van der Waals surface area contributed by atoms with Crippen molar-refractivity contribution in [3.05, 3.63) is 21.9 Å². The number of ether oxygens (including phenoxy) is 1. The van der Waals surface area contributed by atoms with Crippen LogP contribution in [0.5, 0.6) is 0 Å². The maximum Gasteiger partial charge on any atom is 0.346 e. The Labute approximate surface area is 99.2 Å². The maximum atomic E-state index is 10.8. The SMILES string of the molecule is COCCCCNCc1ccsc1C(=O)O. The molecule has 0 amide bonds. The molecule has 0 radical (unpaired) electrons. The Morgan fingerprint density at radius 3 is 3.06 bits per heavy atom. The van der Waals surface area contributed by atoms with E-state index in [4.69, 9.17) is 9.84 Å². The van der Waals surface area contributed by atoms with E-state index in [2.05, 4.69) is 5.32 Å². The molecule has 0 saturated heterocycles. The molecule has 0 unspecified atom stereocenters. The lowest BCUT2D eigenvalue weighted by Gasteiger charge is -2.04. The normalized spacial score (nSPS) is 10.6. The summed E-state index contributed by atoms with van der Waals surface area (Å²) in [5.74, 6) is -0.841. The van der Waals surface area contributed by atoms with E-state index in [0.717, 1.165) is 31.6 Å². The van der Waals surface area contributed by atoms with Crippen LogP contribution < -0.4 is 5.32 Å².